The normalized spacial score (nSPS) is 13.3. The van der Waals surface area contributed by atoms with Gasteiger partial charge in [0.25, 0.3) is 0 Å². The molecule has 23 heteroatoms. The standard InChI is InChI=1S/C26H34F6N12O3S2/c27-25(28,29)14-39-23(34)43-17-10-36-12-20(41-17)48-8-2-1-7-38-19(45)5-6-22(46)47-16(33)4-3-9-49-21-13-37-11-18(42-21)44-24(35)40-15-26(30,31)32/h5-6,10-13,16H,1-4,7-9,14-15,33H2,(H,38,45)(H3,34,39,41,43)(H3,35,40,42,44)/b6-5-. The first-order valence-electron chi connectivity index (χ1n) is 14.2. The van der Waals surface area contributed by atoms with E-state index < -0.39 is 55.5 Å². The number of rotatable bonds is 18. The van der Waals surface area contributed by atoms with Crippen LogP contribution >= 0.6 is 23.5 Å². The molecule has 1 unspecified atom stereocenters. The number of ether oxygens (including phenoxy) is 1. The molecule has 15 nitrogen and oxygen atoms in total. The van der Waals surface area contributed by atoms with Gasteiger partial charge in [0.15, 0.2) is 29.8 Å². The fourth-order valence-electron chi connectivity index (χ4n) is 3.17. The van der Waals surface area contributed by atoms with Gasteiger partial charge < -0.3 is 32.2 Å². The van der Waals surface area contributed by atoms with Gasteiger partial charge >= 0.3 is 18.3 Å². The monoisotopic (exact) mass is 740 g/mol. The van der Waals surface area contributed by atoms with E-state index in [1.807, 2.05) is 0 Å². The van der Waals surface area contributed by atoms with Crippen LogP contribution in [0.25, 0.3) is 0 Å². The molecule has 2 rings (SSSR count). The summed E-state index contributed by atoms with van der Waals surface area (Å²) in [4.78, 5) is 46.6. The third-order valence-corrected chi connectivity index (χ3v) is 7.21. The van der Waals surface area contributed by atoms with Gasteiger partial charge in [-0.15, -0.1) is 23.5 Å². The smallest absolute Gasteiger partial charge is 0.408 e. The predicted octanol–water partition coefficient (Wildman–Crippen LogP) is 2.79. The van der Waals surface area contributed by atoms with Crippen molar-refractivity contribution < 1.29 is 40.7 Å². The number of aliphatic imine (C=N–C) groups is 2. The van der Waals surface area contributed by atoms with Crippen LogP contribution in [-0.4, -0.2) is 93.5 Å². The largest absolute Gasteiger partial charge is 0.444 e. The first kappa shape index (κ1) is 40.8. The van der Waals surface area contributed by atoms with Crippen molar-refractivity contribution in [2.24, 2.45) is 27.2 Å². The number of unbranched alkanes of at least 4 members (excludes halogenated alkanes) is 1. The number of hydrogen-bond acceptors (Lipinski definition) is 12. The Morgan fingerprint density at radius 3 is 1.84 bits per heavy atom. The SMILES string of the molecule is NC(=NCC(F)(F)F)Nc1cncc(SCCCCNC(=O)/C=C\C(=O)OC(N)CCCSc2cncc(NC(N)=NCC(F)(F)F)n2)n1. The average Bonchev–Trinajstić information content (AvgIpc) is 3.01. The highest BCUT2D eigenvalue weighted by atomic mass is 32.2. The summed E-state index contributed by atoms with van der Waals surface area (Å²) in [5.74, 6) is -0.831. The highest BCUT2D eigenvalue weighted by Gasteiger charge is 2.27. The van der Waals surface area contributed by atoms with E-state index in [4.69, 9.17) is 21.9 Å². The Morgan fingerprint density at radius 1 is 0.816 bits per heavy atom. The number of amides is 1. The molecule has 49 heavy (non-hydrogen) atoms. The van der Waals surface area contributed by atoms with E-state index in [9.17, 15) is 35.9 Å². The first-order chi connectivity index (χ1) is 23.1. The van der Waals surface area contributed by atoms with Crippen LogP contribution in [0.3, 0.4) is 0 Å². The first-order valence-corrected chi connectivity index (χ1v) is 16.1. The van der Waals surface area contributed by atoms with Crippen LogP contribution in [0.4, 0.5) is 38.0 Å². The highest BCUT2D eigenvalue weighted by Crippen LogP contribution is 2.20. The fraction of sp³-hybridized carbons (Fsp3) is 0.462. The van der Waals surface area contributed by atoms with E-state index in [2.05, 4.69) is 45.9 Å². The molecule has 0 radical (unpaired) electrons. The third kappa shape index (κ3) is 20.6. The summed E-state index contributed by atoms with van der Waals surface area (Å²) >= 11 is 2.63. The lowest BCUT2D eigenvalue weighted by atomic mass is 10.3. The number of aromatic nitrogens is 4. The van der Waals surface area contributed by atoms with Crippen LogP contribution in [0.5, 0.6) is 0 Å². The summed E-state index contributed by atoms with van der Waals surface area (Å²) in [6.07, 6.45) is -0.308. The van der Waals surface area contributed by atoms with Crippen molar-refractivity contribution >= 4 is 59.0 Å². The topological polar surface area (TPSA) is 234 Å². The third-order valence-electron chi connectivity index (χ3n) is 5.24. The van der Waals surface area contributed by atoms with Crippen molar-refractivity contribution in [1.29, 1.82) is 0 Å². The Kier molecular flexibility index (Phi) is 17.4. The minimum absolute atomic E-state index is 0.115. The molecule has 270 valence electrons. The zero-order valence-corrected chi connectivity index (χ0v) is 27.3. The summed E-state index contributed by atoms with van der Waals surface area (Å²) in [6, 6.07) is 0. The van der Waals surface area contributed by atoms with E-state index in [0.717, 1.165) is 12.2 Å². The minimum Gasteiger partial charge on any atom is -0.444 e. The number of nitrogens with zero attached hydrogens (tertiary/aromatic N) is 6. The summed E-state index contributed by atoms with van der Waals surface area (Å²) in [7, 11) is 0. The van der Waals surface area contributed by atoms with Gasteiger partial charge in [0.05, 0.1) is 24.8 Å². The van der Waals surface area contributed by atoms with Crippen LogP contribution in [0.2, 0.25) is 0 Å². The molecule has 0 fully saturated rings. The van der Waals surface area contributed by atoms with E-state index in [1.165, 1.54) is 48.3 Å². The minimum atomic E-state index is -4.49. The number of hydrogen-bond donors (Lipinski definition) is 6. The molecule has 2 aromatic heterocycles. The number of anilines is 2. The number of esters is 1. The lowest BCUT2D eigenvalue weighted by molar-refractivity contribution is -0.143. The van der Waals surface area contributed by atoms with Crippen molar-refractivity contribution in [3.8, 4) is 0 Å². The van der Waals surface area contributed by atoms with Gasteiger partial charge in [-0.2, -0.15) is 26.3 Å². The molecule has 9 N–H and O–H groups in total. The van der Waals surface area contributed by atoms with Gasteiger partial charge in [-0.25, -0.2) is 24.7 Å². The van der Waals surface area contributed by atoms with Gasteiger partial charge in [0.2, 0.25) is 5.91 Å². The van der Waals surface area contributed by atoms with Crippen LogP contribution in [0.15, 0.2) is 57.0 Å². The zero-order valence-electron chi connectivity index (χ0n) is 25.6. The lowest BCUT2D eigenvalue weighted by Crippen LogP contribution is -2.27. The van der Waals surface area contributed by atoms with Gasteiger partial charge in [-0.3, -0.25) is 20.5 Å². The maximum atomic E-state index is 12.3. The van der Waals surface area contributed by atoms with Crippen molar-refractivity contribution in [3.05, 3.63) is 36.9 Å². The molecular weight excluding hydrogens is 706 g/mol. The van der Waals surface area contributed by atoms with Crippen LogP contribution in [0, 0.1) is 0 Å². The molecular formula is C26H34F6N12O3S2. The Hall–Kier alpha value is -4.38. The molecule has 1 atom stereocenters. The molecule has 0 saturated carbocycles. The summed E-state index contributed by atoms with van der Waals surface area (Å²) in [5, 5.41) is 8.49. The summed E-state index contributed by atoms with van der Waals surface area (Å²) in [5.41, 5.74) is 16.7. The van der Waals surface area contributed by atoms with Crippen LogP contribution < -0.4 is 33.2 Å². The molecule has 1 amide bonds. The lowest BCUT2D eigenvalue weighted by Gasteiger charge is -2.11. The second-order valence-corrected chi connectivity index (χ2v) is 11.7. The molecule has 0 aromatic carbocycles. The van der Waals surface area contributed by atoms with Crippen LogP contribution in [0.1, 0.15) is 25.7 Å². The Bertz CT molecular complexity index is 1450. The molecule has 0 bridgehead atoms. The second kappa shape index (κ2) is 20.9. The fourth-order valence-corrected chi connectivity index (χ4v) is 4.85. The number of carbonyl (C=O) groups excluding carboxylic acids is 2. The van der Waals surface area contributed by atoms with Gasteiger partial charge in [-0.1, -0.05) is 0 Å². The number of nitrogens with two attached hydrogens (primary N) is 3. The number of nitrogens with one attached hydrogen (secondary N) is 3. The average molecular weight is 741 g/mol. The Morgan fingerprint density at radius 2 is 1.33 bits per heavy atom. The molecule has 0 spiro atoms. The summed E-state index contributed by atoms with van der Waals surface area (Å²) < 4.78 is 78.6. The number of thioether (sulfide) groups is 2. The van der Waals surface area contributed by atoms with Gasteiger partial charge in [0.1, 0.15) is 23.1 Å². The maximum Gasteiger partial charge on any atom is 0.408 e. The maximum absolute atomic E-state index is 12.3. The van der Waals surface area contributed by atoms with Crippen LogP contribution in [-0.2, 0) is 14.3 Å². The van der Waals surface area contributed by atoms with Gasteiger partial charge in [0, 0.05) is 18.7 Å². The molecule has 0 saturated heterocycles. The predicted molar refractivity (Wildman–Crippen MR) is 173 cm³/mol. The highest BCUT2D eigenvalue weighted by molar-refractivity contribution is 7.99. The number of guanidine groups is 2. The van der Waals surface area contributed by atoms with Crippen molar-refractivity contribution in [2.45, 2.75) is 54.3 Å². The molecule has 2 aromatic rings. The van der Waals surface area contributed by atoms with Crippen molar-refractivity contribution in [2.75, 3.05) is 41.8 Å². The van der Waals surface area contributed by atoms with Crippen molar-refractivity contribution in [3.63, 3.8) is 0 Å². The Labute approximate surface area is 284 Å². The second-order valence-electron chi connectivity index (χ2n) is 9.51. The Balaban J connectivity index is 1.58. The molecule has 2 heterocycles. The van der Waals surface area contributed by atoms with E-state index in [1.54, 1.807) is 0 Å². The van der Waals surface area contributed by atoms with Gasteiger partial charge in [-0.05, 0) is 37.2 Å². The summed E-state index contributed by atoms with van der Waals surface area (Å²) in [6.45, 7) is -2.53. The van der Waals surface area contributed by atoms with E-state index >= 15 is 0 Å². The number of halogens is 6. The molecule has 0 aliphatic carbocycles. The van der Waals surface area contributed by atoms with E-state index in [-0.39, 0.29) is 11.6 Å². The number of alkyl halides is 6. The molecule has 0 aliphatic heterocycles. The molecule has 0 aliphatic rings. The quantitative estimate of drug-likeness (QED) is 0.0189. The van der Waals surface area contributed by atoms with Crippen molar-refractivity contribution in [1.82, 2.24) is 25.3 Å². The zero-order chi connectivity index (χ0) is 36.3. The number of carbonyl (C=O) groups is 2. The van der Waals surface area contributed by atoms with E-state index in [0.29, 0.717) is 53.8 Å².